The second-order valence-corrected chi connectivity index (χ2v) is 4.91. The normalized spacial score (nSPS) is 10.5. The second-order valence-electron chi connectivity index (χ2n) is 4.91. The first-order chi connectivity index (χ1) is 10.3. The molecular weight excluding hydrogens is 264 g/mol. The first kappa shape index (κ1) is 15.3. The Bertz CT molecular complexity index is 534. The summed E-state index contributed by atoms with van der Waals surface area (Å²) in [6.45, 7) is 5.27. The van der Waals surface area contributed by atoms with Gasteiger partial charge in [-0.2, -0.15) is 5.10 Å². The number of hydrogen-bond donors (Lipinski definition) is 2. The minimum atomic E-state index is -0.0288. The fraction of sp³-hybridized carbons (Fsp3) is 0.375. The molecule has 5 nitrogen and oxygen atoms in total. The summed E-state index contributed by atoms with van der Waals surface area (Å²) in [6, 6.07) is 9.54. The highest BCUT2D eigenvalue weighted by molar-refractivity contribution is 5.94. The van der Waals surface area contributed by atoms with Gasteiger partial charge >= 0.3 is 0 Å². The molecule has 0 aliphatic rings. The van der Waals surface area contributed by atoms with E-state index in [1.54, 1.807) is 6.20 Å². The fourth-order valence-electron chi connectivity index (χ4n) is 2.01. The zero-order valence-electron chi connectivity index (χ0n) is 12.4. The summed E-state index contributed by atoms with van der Waals surface area (Å²) in [4.78, 5) is 11.9. The summed E-state index contributed by atoms with van der Waals surface area (Å²) in [6.07, 6.45) is 4.78. The van der Waals surface area contributed by atoms with Crippen LogP contribution in [0.15, 0.2) is 42.7 Å². The van der Waals surface area contributed by atoms with Gasteiger partial charge in [0.1, 0.15) is 0 Å². The van der Waals surface area contributed by atoms with E-state index in [9.17, 15) is 4.79 Å². The summed E-state index contributed by atoms with van der Waals surface area (Å²) in [5, 5.41) is 10.3. The lowest BCUT2D eigenvalue weighted by Gasteiger charge is -2.07. The average Bonchev–Trinajstić information content (AvgIpc) is 3.00. The summed E-state index contributed by atoms with van der Waals surface area (Å²) >= 11 is 0. The van der Waals surface area contributed by atoms with Gasteiger partial charge in [0.15, 0.2) is 0 Å². The van der Waals surface area contributed by atoms with Crippen molar-refractivity contribution in [3.05, 3.63) is 53.9 Å². The highest BCUT2D eigenvalue weighted by Gasteiger charge is 2.04. The van der Waals surface area contributed by atoms with Crippen molar-refractivity contribution in [3.63, 3.8) is 0 Å². The molecule has 1 aromatic heterocycles. The minimum Gasteiger partial charge on any atom is -0.351 e. The Morgan fingerprint density at radius 1 is 1.19 bits per heavy atom. The van der Waals surface area contributed by atoms with Crippen LogP contribution in [0.25, 0.3) is 0 Å². The third-order valence-corrected chi connectivity index (χ3v) is 3.13. The lowest BCUT2D eigenvalue weighted by atomic mass is 10.1. The minimum absolute atomic E-state index is 0.0288. The van der Waals surface area contributed by atoms with E-state index in [1.165, 1.54) is 0 Å². The molecule has 1 aromatic carbocycles. The fourth-order valence-corrected chi connectivity index (χ4v) is 2.01. The molecule has 112 valence electrons. The number of rotatable bonds is 8. The zero-order chi connectivity index (χ0) is 14.9. The van der Waals surface area contributed by atoms with Gasteiger partial charge in [0.05, 0.1) is 6.54 Å². The molecule has 0 fully saturated rings. The van der Waals surface area contributed by atoms with E-state index in [1.807, 2.05) is 41.2 Å². The molecule has 2 rings (SSSR count). The van der Waals surface area contributed by atoms with Crippen molar-refractivity contribution < 1.29 is 4.79 Å². The standard InChI is InChI=1S/C16H22N4O/c1-2-8-17-10-11-18-16(21)15-6-4-14(5-7-15)13-20-12-3-9-19-20/h3-7,9,12,17H,2,8,10-11,13H2,1H3,(H,18,21). The van der Waals surface area contributed by atoms with Crippen LogP contribution in [0.4, 0.5) is 0 Å². The molecule has 0 bridgehead atoms. The van der Waals surface area contributed by atoms with Crippen molar-refractivity contribution in [1.29, 1.82) is 0 Å². The van der Waals surface area contributed by atoms with E-state index in [0.717, 1.165) is 31.6 Å². The number of carbonyl (C=O) groups is 1. The highest BCUT2D eigenvalue weighted by atomic mass is 16.1. The molecule has 0 saturated heterocycles. The number of amides is 1. The van der Waals surface area contributed by atoms with Gasteiger partial charge in [-0.25, -0.2) is 0 Å². The molecule has 1 heterocycles. The molecule has 0 saturated carbocycles. The van der Waals surface area contributed by atoms with Crippen molar-refractivity contribution in [1.82, 2.24) is 20.4 Å². The SMILES string of the molecule is CCCNCCNC(=O)c1ccc(Cn2cccn2)cc1. The van der Waals surface area contributed by atoms with Crippen LogP contribution in [0.1, 0.15) is 29.3 Å². The van der Waals surface area contributed by atoms with Crippen LogP contribution in [0.3, 0.4) is 0 Å². The zero-order valence-corrected chi connectivity index (χ0v) is 12.4. The Balaban J connectivity index is 1.79. The molecule has 21 heavy (non-hydrogen) atoms. The third-order valence-electron chi connectivity index (χ3n) is 3.13. The molecule has 2 N–H and O–H groups in total. The van der Waals surface area contributed by atoms with Crippen LogP contribution in [0, 0.1) is 0 Å². The second kappa shape index (κ2) is 8.21. The van der Waals surface area contributed by atoms with Crippen LogP contribution >= 0.6 is 0 Å². The highest BCUT2D eigenvalue weighted by Crippen LogP contribution is 2.06. The van der Waals surface area contributed by atoms with E-state index in [4.69, 9.17) is 0 Å². The summed E-state index contributed by atoms with van der Waals surface area (Å²) in [5.74, 6) is -0.0288. The molecule has 0 aliphatic heterocycles. The molecule has 0 aliphatic carbocycles. The predicted octanol–water partition coefficient (Wildman–Crippen LogP) is 1.66. The van der Waals surface area contributed by atoms with E-state index in [-0.39, 0.29) is 5.91 Å². The molecular formula is C16H22N4O. The van der Waals surface area contributed by atoms with Crippen molar-refractivity contribution in [2.75, 3.05) is 19.6 Å². The number of hydrogen-bond acceptors (Lipinski definition) is 3. The number of carbonyl (C=O) groups excluding carboxylic acids is 1. The van der Waals surface area contributed by atoms with Gasteiger partial charge < -0.3 is 10.6 Å². The molecule has 1 amide bonds. The Kier molecular flexibility index (Phi) is 5.97. The Morgan fingerprint density at radius 3 is 2.67 bits per heavy atom. The number of nitrogens with one attached hydrogen (secondary N) is 2. The quantitative estimate of drug-likeness (QED) is 0.726. The average molecular weight is 286 g/mol. The largest absolute Gasteiger partial charge is 0.351 e. The Hall–Kier alpha value is -2.14. The number of nitrogens with zero attached hydrogens (tertiary/aromatic N) is 2. The summed E-state index contributed by atoms with van der Waals surface area (Å²) in [7, 11) is 0. The number of benzene rings is 1. The number of aromatic nitrogens is 2. The predicted molar refractivity (Wildman–Crippen MR) is 83.3 cm³/mol. The van der Waals surface area contributed by atoms with Crippen molar-refractivity contribution in [3.8, 4) is 0 Å². The van der Waals surface area contributed by atoms with Gasteiger partial charge in [0.2, 0.25) is 0 Å². The Labute approximate surface area is 125 Å². The lowest BCUT2D eigenvalue weighted by Crippen LogP contribution is -2.32. The van der Waals surface area contributed by atoms with Crippen LogP contribution in [-0.2, 0) is 6.54 Å². The monoisotopic (exact) mass is 286 g/mol. The smallest absolute Gasteiger partial charge is 0.251 e. The molecule has 2 aromatic rings. The maximum Gasteiger partial charge on any atom is 0.251 e. The van der Waals surface area contributed by atoms with E-state index in [0.29, 0.717) is 12.1 Å². The topological polar surface area (TPSA) is 58.9 Å². The van der Waals surface area contributed by atoms with Crippen molar-refractivity contribution in [2.45, 2.75) is 19.9 Å². The summed E-state index contributed by atoms with van der Waals surface area (Å²) in [5.41, 5.74) is 1.81. The van der Waals surface area contributed by atoms with Crippen molar-refractivity contribution >= 4 is 5.91 Å². The van der Waals surface area contributed by atoms with Crippen LogP contribution < -0.4 is 10.6 Å². The third kappa shape index (κ3) is 5.04. The molecule has 0 radical (unpaired) electrons. The van der Waals surface area contributed by atoms with E-state index >= 15 is 0 Å². The van der Waals surface area contributed by atoms with Gasteiger partial charge in [-0.05, 0) is 36.7 Å². The molecule has 0 atom stereocenters. The van der Waals surface area contributed by atoms with E-state index < -0.39 is 0 Å². The van der Waals surface area contributed by atoms with Crippen LogP contribution in [0.5, 0.6) is 0 Å². The van der Waals surface area contributed by atoms with Crippen LogP contribution in [0.2, 0.25) is 0 Å². The van der Waals surface area contributed by atoms with Gasteiger partial charge in [0, 0.05) is 31.0 Å². The first-order valence-corrected chi connectivity index (χ1v) is 7.35. The van der Waals surface area contributed by atoms with Gasteiger partial charge in [-0.1, -0.05) is 19.1 Å². The van der Waals surface area contributed by atoms with Gasteiger partial charge in [-0.3, -0.25) is 9.48 Å². The summed E-state index contributed by atoms with van der Waals surface area (Å²) < 4.78 is 1.86. The maximum absolute atomic E-state index is 11.9. The maximum atomic E-state index is 11.9. The molecule has 0 spiro atoms. The first-order valence-electron chi connectivity index (χ1n) is 7.35. The van der Waals surface area contributed by atoms with E-state index in [2.05, 4.69) is 22.7 Å². The lowest BCUT2D eigenvalue weighted by molar-refractivity contribution is 0.0954. The Morgan fingerprint density at radius 2 is 2.00 bits per heavy atom. The van der Waals surface area contributed by atoms with Gasteiger partial charge in [0.25, 0.3) is 5.91 Å². The van der Waals surface area contributed by atoms with Crippen molar-refractivity contribution in [2.24, 2.45) is 0 Å². The molecule has 5 heteroatoms. The molecule has 0 unspecified atom stereocenters. The van der Waals surface area contributed by atoms with Gasteiger partial charge in [-0.15, -0.1) is 0 Å². The van der Waals surface area contributed by atoms with Crippen LogP contribution in [-0.4, -0.2) is 35.3 Å².